The average molecular weight is 336 g/mol. The third-order valence-corrected chi connectivity index (χ3v) is 6.11. The molecule has 0 unspecified atom stereocenters. The quantitative estimate of drug-likeness (QED) is 0.760. The number of hydrogen-bond acceptors (Lipinski definition) is 6. The molecule has 0 aliphatic carbocycles. The van der Waals surface area contributed by atoms with E-state index in [0.29, 0.717) is 6.42 Å². The molecule has 1 saturated heterocycles. The monoisotopic (exact) mass is 336 g/mol. The molecule has 1 aliphatic heterocycles. The van der Waals surface area contributed by atoms with E-state index in [4.69, 9.17) is 9.56 Å². The summed E-state index contributed by atoms with van der Waals surface area (Å²) in [6.45, 7) is 2.84. The summed E-state index contributed by atoms with van der Waals surface area (Å²) in [5.74, 6) is -0.701. The molecule has 1 aromatic heterocycles. The Bertz CT molecular complexity index is 791. The Morgan fingerprint density at radius 3 is 2.43 bits per heavy atom. The fraction of sp³-hybridized carbons (Fsp3) is 0.545. The van der Waals surface area contributed by atoms with Crippen molar-refractivity contribution in [1.29, 1.82) is 0 Å². The highest BCUT2D eigenvalue weighted by atomic mass is 32.2. The maximum Gasteiger partial charge on any atom is 0.256 e. The van der Waals surface area contributed by atoms with Crippen LogP contribution >= 0.6 is 0 Å². The van der Waals surface area contributed by atoms with Crippen LogP contribution in [0.1, 0.15) is 28.3 Å². The van der Waals surface area contributed by atoms with Crippen molar-refractivity contribution >= 4 is 25.8 Å². The van der Waals surface area contributed by atoms with Gasteiger partial charge in [-0.3, -0.25) is 4.79 Å². The fourth-order valence-electron chi connectivity index (χ4n) is 2.43. The second-order valence-electron chi connectivity index (χ2n) is 5.04. The van der Waals surface area contributed by atoms with E-state index in [2.05, 4.69) is 5.32 Å². The van der Waals surface area contributed by atoms with Crippen LogP contribution in [0, 0.1) is 13.8 Å². The molecule has 0 aromatic carbocycles. The van der Waals surface area contributed by atoms with E-state index in [0.717, 1.165) is 0 Å². The van der Waals surface area contributed by atoms with Crippen LogP contribution in [0.15, 0.2) is 9.31 Å². The lowest BCUT2D eigenvalue weighted by molar-refractivity contribution is 0.0936. The number of hydrogen-bond donors (Lipinski definition) is 2. The molecular weight excluding hydrogens is 320 g/mol. The fourth-order valence-corrected chi connectivity index (χ4v) is 5.07. The summed E-state index contributed by atoms with van der Waals surface area (Å²) in [5, 5.41) is 7.62. The third kappa shape index (κ3) is 3.27. The van der Waals surface area contributed by atoms with Gasteiger partial charge in [0.05, 0.1) is 11.5 Å². The molecule has 1 aliphatic rings. The number of primary sulfonamides is 1. The highest BCUT2D eigenvalue weighted by Crippen LogP contribution is 2.26. The Hall–Kier alpha value is -1.39. The Labute approximate surface area is 122 Å². The van der Waals surface area contributed by atoms with Crippen molar-refractivity contribution in [1.82, 2.24) is 5.32 Å². The minimum absolute atomic E-state index is 0.00336. The first-order chi connectivity index (χ1) is 9.51. The number of sulfonamides is 1. The number of furan rings is 1. The van der Waals surface area contributed by atoms with Crippen LogP contribution < -0.4 is 10.5 Å². The minimum atomic E-state index is -4.12. The van der Waals surface area contributed by atoms with Gasteiger partial charge in [-0.1, -0.05) is 0 Å². The van der Waals surface area contributed by atoms with Gasteiger partial charge in [-0.15, -0.1) is 0 Å². The average Bonchev–Trinajstić information content (AvgIpc) is 2.77. The smallest absolute Gasteiger partial charge is 0.256 e. The first-order valence-corrected chi connectivity index (χ1v) is 9.52. The molecule has 0 radical (unpaired) electrons. The molecule has 10 heteroatoms. The summed E-state index contributed by atoms with van der Waals surface area (Å²) in [5.41, 5.74) is -0.167. The largest absolute Gasteiger partial charge is 0.464 e. The van der Waals surface area contributed by atoms with Crippen LogP contribution in [0.3, 0.4) is 0 Å². The van der Waals surface area contributed by atoms with Gasteiger partial charge in [0.15, 0.2) is 9.84 Å². The van der Waals surface area contributed by atoms with Gasteiger partial charge in [-0.25, -0.2) is 22.0 Å². The Kier molecular flexibility index (Phi) is 3.89. The number of amides is 1. The van der Waals surface area contributed by atoms with Gasteiger partial charge in [0.25, 0.3) is 5.91 Å². The number of nitrogens with two attached hydrogens (primary N) is 1. The second kappa shape index (κ2) is 5.11. The van der Waals surface area contributed by atoms with E-state index in [1.807, 2.05) is 0 Å². The van der Waals surface area contributed by atoms with E-state index in [1.54, 1.807) is 0 Å². The Balaban J connectivity index is 2.33. The van der Waals surface area contributed by atoms with E-state index in [9.17, 15) is 21.6 Å². The SMILES string of the molecule is Cc1oc(C)c(S(N)(=O)=O)c1C(=O)N[C@@H]1CCS(=O)(=O)C1. The van der Waals surface area contributed by atoms with Gasteiger partial charge < -0.3 is 9.73 Å². The van der Waals surface area contributed by atoms with Crippen molar-refractivity contribution in [2.75, 3.05) is 11.5 Å². The van der Waals surface area contributed by atoms with Gasteiger partial charge in [-0.05, 0) is 20.3 Å². The molecule has 2 heterocycles. The summed E-state index contributed by atoms with van der Waals surface area (Å²) in [7, 11) is -7.27. The van der Waals surface area contributed by atoms with Crippen LogP contribution in [-0.2, 0) is 19.9 Å². The van der Waals surface area contributed by atoms with Crippen molar-refractivity contribution in [2.24, 2.45) is 5.14 Å². The molecule has 0 bridgehead atoms. The van der Waals surface area contributed by atoms with E-state index in [1.165, 1.54) is 13.8 Å². The number of rotatable bonds is 3. The molecule has 0 spiro atoms. The molecule has 1 fully saturated rings. The maximum absolute atomic E-state index is 12.2. The van der Waals surface area contributed by atoms with E-state index >= 15 is 0 Å². The highest BCUT2D eigenvalue weighted by Gasteiger charge is 2.33. The summed E-state index contributed by atoms with van der Waals surface area (Å²) >= 11 is 0. The minimum Gasteiger partial charge on any atom is -0.464 e. The molecular formula is C11H16N2O6S2. The van der Waals surface area contributed by atoms with E-state index in [-0.39, 0.29) is 33.5 Å². The van der Waals surface area contributed by atoms with Gasteiger partial charge in [0, 0.05) is 6.04 Å². The van der Waals surface area contributed by atoms with Crippen molar-refractivity contribution in [3.63, 3.8) is 0 Å². The predicted octanol–water partition coefficient (Wildman–Crippen LogP) is -0.539. The van der Waals surface area contributed by atoms with Crippen LogP contribution in [0.4, 0.5) is 0 Å². The van der Waals surface area contributed by atoms with Crippen molar-refractivity contribution in [3.05, 3.63) is 17.1 Å². The summed E-state index contributed by atoms with van der Waals surface area (Å²) in [6, 6.07) is -0.537. The second-order valence-corrected chi connectivity index (χ2v) is 8.76. The van der Waals surface area contributed by atoms with Crippen LogP contribution in [0.5, 0.6) is 0 Å². The molecule has 3 N–H and O–H groups in total. The number of nitrogens with one attached hydrogen (secondary N) is 1. The van der Waals surface area contributed by atoms with E-state index < -0.39 is 31.8 Å². The number of carbonyl (C=O) groups is 1. The molecule has 1 atom stereocenters. The summed E-state index contributed by atoms with van der Waals surface area (Å²) in [4.78, 5) is 11.9. The van der Waals surface area contributed by atoms with Crippen LogP contribution in [0.2, 0.25) is 0 Å². The molecule has 0 saturated carbocycles. The van der Waals surface area contributed by atoms with Crippen molar-refractivity contribution in [2.45, 2.75) is 31.2 Å². The van der Waals surface area contributed by atoms with Gasteiger partial charge in [-0.2, -0.15) is 0 Å². The zero-order valence-electron chi connectivity index (χ0n) is 11.5. The topological polar surface area (TPSA) is 137 Å². The lowest BCUT2D eigenvalue weighted by Crippen LogP contribution is -2.36. The number of carbonyl (C=O) groups excluding carboxylic acids is 1. The predicted molar refractivity (Wildman–Crippen MR) is 74.1 cm³/mol. The zero-order chi connectivity index (χ0) is 16.0. The Morgan fingerprint density at radius 1 is 1.33 bits per heavy atom. The number of sulfone groups is 1. The summed E-state index contributed by atoms with van der Waals surface area (Å²) in [6.07, 6.45) is 0.300. The summed E-state index contributed by atoms with van der Waals surface area (Å²) < 4.78 is 51.1. The van der Waals surface area contributed by atoms with Crippen molar-refractivity contribution < 1.29 is 26.0 Å². The van der Waals surface area contributed by atoms with Gasteiger partial charge >= 0.3 is 0 Å². The van der Waals surface area contributed by atoms with Crippen LogP contribution in [-0.4, -0.2) is 40.3 Å². The third-order valence-electron chi connectivity index (χ3n) is 3.28. The maximum atomic E-state index is 12.2. The van der Waals surface area contributed by atoms with Gasteiger partial charge in [0.1, 0.15) is 22.0 Å². The normalized spacial score (nSPS) is 21.4. The number of aryl methyl sites for hydroxylation is 2. The van der Waals surface area contributed by atoms with Gasteiger partial charge in [0.2, 0.25) is 10.0 Å². The molecule has 8 nitrogen and oxygen atoms in total. The first kappa shape index (κ1) is 16.0. The highest BCUT2D eigenvalue weighted by molar-refractivity contribution is 7.91. The standard InChI is InChI=1S/C11H16N2O6S2/c1-6-9(10(7(2)19-6)21(12,17)18)11(14)13-8-3-4-20(15,16)5-8/h8H,3-5H2,1-2H3,(H,13,14)(H2,12,17,18)/t8-/m1/s1. The molecule has 1 aromatic rings. The molecule has 118 valence electrons. The molecule has 2 rings (SSSR count). The molecule has 1 amide bonds. The molecule has 21 heavy (non-hydrogen) atoms. The lowest BCUT2D eigenvalue weighted by atomic mass is 10.2. The van der Waals surface area contributed by atoms with Crippen molar-refractivity contribution in [3.8, 4) is 0 Å². The Morgan fingerprint density at radius 2 is 1.95 bits per heavy atom. The zero-order valence-corrected chi connectivity index (χ0v) is 13.2. The van der Waals surface area contributed by atoms with Crippen LogP contribution in [0.25, 0.3) is 0 Å². The first-order valence-electron chi connectivity index (χ1n) is 6.15. The lowest BCUT2D eigenvalue weighted by Gasteiger charge is -2.11.